The second kappa shape index (κ2) is 9.12. The summed E-state index contributed by atoms with van der Waals surface area (Å²) in [4.78, 5) is 12.3. The highest BCUT2D eigenvalue weighted by molar-refractivity contribution is 7.92. The average molecular weight is 420 g/mol. The Kier molecular flexibility index (Phi) is 6.86. The Morgan fingerprint density at radius 3 is 2.71 bits per heavy atom. The first kappa shape index (κ1) is 21.1. The molecule has 2 aromatic rings. The van der Waals surface area contributed by atoms with Crippen molar-refractivity contribution in [2.75, 3.05) is 25.3 Å². The van der Waals surface area contributed by atoms with Crippen LogP contribution in [-0.2, 0) is 14.6 Å². The van der Waals surface area contributed by atoms with Gasteiger partial charge in [0.2, 0.25) is 19.3 Å². The standard InChI is InChI=1S/C17H16N4O5S2/c1-4-7-26-13-6-5-11(9-14(13)25-2)8-12(10-18)15(22)19-16-20-21-17(27-16)28(3,23)24/h4-6,8-9H,1,7H2,2-3H3,(H,19,20,22). The summed E-state index contributed by atoms with van der Waals surface area (Å²) in [5.74, 6) is 0.171. The van der Waals surface area contributed by atoms with Crippen LogP contribution in [0.5, 0.6) is 11.5 Å². The van der Waals surface area contributed by atoms with Gasteiger partial charge in [-0.25, -0.2) is 8.42 Å². The zero-order valence-electron chi connectivity index (χ0n) is 15.0. The maximum atomic E-state index is 12.3. The average Bonchev–Trinajstić information content (AvgIpc) is 3.13. The maximum Gasteiger partial charge on any atom is 0.268 e. The minimum atomic E-state index is -3.53. The third kappa shape index (κ3) is 5.38. The molecule has 1 aromatic carbocycles. The maximum absolute atomic E-state index is 12.3. The minimum Gasteiger partial charge on any atom is -0.493 e. The summed E-state index contributed by atoms with van der Waals surface area (Å²) in [6, 6.07) is 6.70. The Morgan fingerprint density at radius 1 is 1.39 bits per heavy atom. The number of nitrogens with one attached hydrogen (secondary N) is 1. The van der Waals surface area contributed by atoms with E-state index in [2.05, 4.69) is 22.1 Å². The fourth-order valence-corrected chi connectivity index (χ4v) is 3.44. The molecular weight excluding hydrogens is 404 g/mol. The summed E-state index contributed by atoms with van der Waals surface area (Å²) in [5, 5.41) is 18.7. The molecule has 0 aliphatic carbocycles. The van der Waals surface area contributed by atoms with Gasteiger partial charge in [-0.2, -0.15) is 5.26 Å². The molecule has 1 amide bonds. The molecule has 1 heterocycles. The molecule has 0 bridgehead atoms. The van der Waals surface area contributed by atoms with E-state index in [0.29, 0.717) is 35.0 Å². The van der Waals surface area contributed by atoms with Gasteiger partial charge in [0.05, 0.1) is 7.11 Å². The van der Waals surface area contributed by atoms with Crippen LogP contribution in [0.15, 0.2) is 40.8 Å². The largest absolute Gasteiger partial charge is 0.493 e. The van der Waals surface area contributed by atoms with Gasteiger partial charge in [-0.1, -0.05) is 30.1 Å². The van der Waals surface area contributed by atoms with E-state index < -0.39 is 15.7 Å². The summed E-state index contributed by atoms with van der Waals surface area (Å²) in [5.41, 5.74) is 0.321. The number of carbonyl (C=O) groups is 1. The summed E-state index contributed by atoms with van der Waals surface area (Å²) < 4.78 is 33.3. The zero-order valence-corrected chi connectivity index (χ0v) is 16.6. The molecule has 2 rings (SSSR count). The lowest BCUT2D eigenvalue weighted by Gasteiger charge is -2.10. The van der Waals surface area contributed by atoms with Gasteiger partial charge in [0.25, 0.3) is 5.91 Å². The van der Waals surface area contributed by atoms with E-state index in [0.717, 1.165) is 6.26 Å². The molecule has 11 heteroatoms. The van der Waals surface area contributed by atoms with Crippen LogP contribution in [0.2, 0.25) is 0 Å². The third-order valence-electron chi connectivity index (χ3n) is 3.16. The number of nitriles is 1. The molecule has 0 spiro atoms. The van der Waals surface area contributed by atoms with Gasteiger partial charge in [-0.3, -0.25) is 10.1 Å². The Balaban J connectivity index is 2.23. The van der Waals surface area contributed by atoms with Crippen LogP contribution in [0.25, 0.3) is 6.08 Å². The lowest BCUT2D eigenvalue weighted by molar-refractivity contribution is -0.112. The summed E-state index contributed by atoms with van der Waals surface area (Å²) >= 11 is 0.695. The van der Waals surface area contributed by atoms with E-state index >= 15 is 0 Å². The molecule has 1 N–H and O–H groups in total. The molecular formula is C17H16N4O5S2. The van der Waals surface area contributed by atoms with Crippen molar-refractivity contribution in [2.45, 2.75) is 4.34 Å². The van der Waals surface area contributed by atoms with Crippen molar-refractivity contribution in [1.29, 1.82) is 5.26 Å². The van der Waals surface area contributed by atoms with Gasteiger partial charge in [0.15, 0.2) is 11.5 Å². The van der Waals surface area contributed by atoms with Crippen molar-refractivity contribution in [3.8, 4) is 17.6 Å². The normalized spacial score (nSPS) is 11.4. The van der Waals surface area contributed by atoms with E-state index in [1.807, 2.05) is 0 Å². The number of carbonyl (C=O) groups excluding carboxylic acids is 1. The van der Waals surface area contributed by atoms with Gasteiger partial charge in [-0.15, -0.1) is 10.2 Å². The van der Waals surface area contributed by atoms with Crippen LogP contribution in [0, 0.1) is 11.3 Å². The van der Waals surface area contributed by atoms with E-state index in [1.54, 1.807) is 30.3 Å². The molecule has 0 atom stereocenters. The van der Waals surface area contributed by atoms with Crippen LogP contribution >= 0.6 is 11.3 Å². The van der Waals surface area contributed by atoms with E-state index in [-0.39, 0.29) is 15.0 Å². The fourth-order valence-electron chi connectivity index (χ4n) is 1.93. The number of methoxy groups -OCH3 is 1. The third-order valence-corrected chi connectivity index (χ3v) is 5.67. The first-order valence-corrected chi connectivity index (χ1v) is 10.4. The smallest absolute Gasteiger partial charge is 0.268 e. The number of aromatic nitrogens is 2. The van der Waals surface area contributed by atoms with Gasteiger partial charge >= 0.3 is 0 Å². The van der Waals surface area contributed by atoms with Crippen molar-refractivity contribution in [3.05, 3.63) is 42.0 Å². The van der Waals surface area contributed by atoms with E-state index in [9.17, 15) is 18.5 Å². The highest BCUT2D eigenvalue weighted by Crippen LogP contribution is 2.29. The Labute approximate surface area is 165 Å². The van der Waals surface area contributed by atoms with Crippen LogP contribution in [0.3, 0.4) is 0 Å². The quantitative estimate of drug-likeness (QED) is 0.297. The predicted molar refractivity (Wildman–Crippen MR) is 104 cm³/mol. The molecule has 0 radical (unpaired) electrons. The van der Waals surface area contributed by atoms with Crippen LogP contribution < -0.4 is 14.8 Å². The molecule has 0 saturated carbocycles. The number of rotatable bonds is 8. The van der Waals surface area contributed by atoms with Gasteiger partial charge in [-0.05, 0) is 23.8 Å². The second-order valence-corrected chi connectivity index (χ2v) is 8.45. The highest BCUT2D eigenvalue weighted by atomic mass is 32.2. The molecule has 0 aliphatic heterocycles. The van der Waals surface area contributed by atoms with Crippen molar-refractivity contribution in [2.24, 2.45) is 0 Å². The summed E-state index contributed by atoms with van der Waals surface area (Å²) in [6.45, 7) is 3.87. The highest BCUT2D eigenvalue weighted by Gasteiger charge is 2.17. The van der Waals surface area contributed by atoms with Crippen LogP contribution in [0.4, 0.5) is 5.13 Å². The predicted octanol–water partition coefficient (Wildman–Crippen LogP) is 2.06. The molecule has 146 valence electrons. The van der Waals surface area contributed by atoms with Crippen LogP contribution in [0.1, 0.15) is 5.56 Å². The first-order chi connectivity index (χ1) is 13.3. The number of hydrogen-bond acceptors (Lipinski definition) is 9. The number of amides is 1. The first-order valence-electron chi connectivity index (χ1n) is 7.67. The Bertz CT molecular complexity index is 1070. The van der Waals surface area contributed by atoms with E-state index in [1.165, 1.54) is 13.2 Å². The number of anilines is 1. The topological polar surface area (TPSA) is 131 Å². The monoisotopic (exact) mass is 420 g/mol. The number of sulfone groups is 1. The second-order valence-electron chi connectivity index (χ2n) is 5.28. The molecule has 28 heavy (non-hydrogen) atoms. The van der Waals surface area contributed by atoms with Gasteiger partial charge in [0.1, 0.15) is 18.2 Å². The number of hydrogen-bond donors (Lipinski definition) is 1. The van der Waals surface area contributed by atoms with Crippen LogP contribution in [-0.4, -0.2) is 44.5 Å². The van der Waals surface area contributed by atoms with Crippen molar-refractivity contribution in [1.82, 2.24) is 10.2 Å². The fraction of sp³-hybridized carbons (Fsp3) is 0.176. The lowest BCUT2D eigenvalue weighted by Crippen LogP contribution is -2.13. The van der Waals surface area contributed by atoms with Crippen molar-refractivity contribution < 1.29 is 22.7 Å². The van der Waals surface area contributed by atoms with Crippen molar-refractivity contribution in [3.63, 3.8) is 0 Å². The Morgan fingerprint density at radius 2 is 2.14 bits per heavy atom. The molecule has 1 aromatic heterocycles. The number of ether oxygens (including phenoxy) is 2. The van der Waals surface area contributed by atoms with E-state index in [4.69, 9.17) is 9.47 Å². The number of benzene rings is 1. The minimum absolute atomic E-state index is 0.0303. The molecule has 9 nitrogen and oxygen atoms in total. The molecule has 0 saturated heterocycles. The Hall–Kier alpha value is -3.23. The molecule has 0 aliphatic rings. The van der Waals surface area contributed by atoms with Gasteiger partial charge in [0, 0.05) is 6.26 Å². The number of nitrogens with zero attached hydrogens (tertiary/aromatic N) is 3. The summed E-state index contributed by atoms with van der Waals surface area (Å²) in [7, 11) is -2.06. The SMILES string of the molecule is C=CCOc1ccc(C=C(C#N)C(=O)Nc2nnc(S(C)(=O)=O)s2)cc1OC. The van der Waals surface area contributed by atoms with Gasteiger partial charge < -0.3 is 9.47 Å². The lowest BCUT2D eigenvalue weighted by atomic mass is 10.1. The molecule has 0 unspecified atom stereocenters. The molecule has 0 fully saturated rings. The van der Waals surface area contributed by atoms with Crippen molar-refractivity contribution >= 4 is 38.3 Å². The summed E-state index contributed by atoms with van der Waals surface area (Å²) in [6.07, 6.45) is 3.93. The zero-order chi connectivity index (χ0) is 20.7.